The quantitative estimate of drug-likeness (QED) is 0.181. The Morgan fingerprint density at radius 3 is 1.18 bits per heavy atom. The minimum absolute atomic E-state index is 0.564. The van der Waals surface area contributed by atoms with Gasteiger partial charge in [0.05, 0.1) is 38.6 Å². The predicted octanol–water partition coefficient (Wildman–Crippen LogP) is 12.5. The van der Waals surface area contributed by atoms with E-state index in [0.29, 0.717) is 17.7 Å². The first kappa shape index (κ1) is 30.5. The van der Waals surface area contributed by atoms with Crippen molar-refractivity contribution in [2.24, 2.45) is 0 Å². The van der Waals surface area contributed by atoms with E-state index in [-0.39, 0.29) is 0 Å². The van der Waals surface area contributed by atoms with Gasteiger partial charge >= 0.3 is 0 Å². The van der Waals surface area contributed by atoms with Crippen LogP contribution in [0.3, 0.4) is 0 Å². The molecule has 13 rings (SSSR count). The Labute approximate surface area is 325 Å². The van der Waals surface area contributed by atoms with Crippen molar-refractivity contribution < 1.29 is 0 Å². The van der Waals surface area contributed by atoms with Crippen LogP contribution in [0.15, 0.2) is 182 Å². The zero-order chi connectivity index (χ0) is 37.2. The van der Waals surface area contributed by atoms with Crippen molar-refractivity contribution in [3.63, 3.8) is 0 Å². The second kappa shape index (κ2) is 11.4. The fourth-order valence-corrected chi connectivity index (χ4v) is 9.55. The summed E-state index contributed by atoms with van der Waals surface area (Å²) < 4.78 is 6.82. The van der Waals surface area contributed by atoms with Gasteiger partial charge in [-0.2, -0.15) is 15.0 Å². The van der Waals surface area contributed by atoms with Crippen molar-refractivity contribution >= 4 is 81.7 Å². The predicted molar refractivity (Wildman–Crippen MR) is 234 cm³/mol. The number of fused-ring (bicyclic) bond motifs is 12. The number of rotatable bonds is 4. The molecular formula is C51H30N6. The number of para-hydroxylation sites is 6. The third-order valence-corrected chi connectivity index (χ3v) is 11.9. The molecule has 8 aromatic carbocycles. The van der Waals surface area contributed by atoms with Gasteiger partial charge in [0, 0.05) is 48.7 Å². The number of hydrogen-bond acceptors (Lipinski definition) is 3. The molecule has 0 unspecified atom stereocenters. The van der Waals surface area contributed by atoms with Crippen molar-refractivity contribution in [2.75, 3.05) is 0 Å². The minimum atomic E-state index is 0.564. The number of nitrogens with zero attached hydrogens (tertiary/aromatic N) is 6. The molecule has 0 fully saturated rings. The van der Waals surface area contributed by atoms with Gasteiger partial charge in [-0.1, -0.05) is 146 Å². The van der Waals surface area contributed by atoms with Crippen LogP contribution in [0.1, 0.15) is 0 Å². The minimum Gasteiger partial charge on any atom is -0.308 e. The Bertz CT molecular complexity index is 3530. The fourth-order valence-electron chi connectivity index (χ4n) is 9.55. The second-order valence-electron chi connectivity index (χ2n) is 14.8. The maximum absolute atomic E-state index is 5.43. The molecule has 0 saturated heterocycles. The normalized spacial score (nSPS) is 12.2. The van der Waals surface area contributed by atoms with E-state index in [0.717, 1.165) is 60.3 Å². The van der Waals surface area contributed by atoms with E-state index >= 15 is 0 Å². The average molecular weight is 727 g/mol. The van der Waals surface area contributed by atoms with Gasteiger partial charge < -0.3 is 4.40 Å². The molecule has 0 atom stereocenters. The van der Waals surface area contributed by atoms with Crippen molar-refractivity contribution in [1.29, 1.82) is 0 Å². The largest absolute Gasteiger partial charge is 0.308 e. The highest BCUT2D eigenvalue weighted by Crippen LogP contribution is 2.45. The lowest BCUT2D eigenvalue weighted by Gasteiger charge is -2.15. The molecule has 6 nitrogen and oxygen atoms in total. The van der Waals surface area contributed by atoms with Gasteiger partial charge in [-0.3, -0.25) is 9.13 Å². The van der Waals surface area contributed by atoms with E-state index < -0.39 is 0 Å². The lowest BCUT2D eigenvalue weighted by Crippen LogP contribution is -2.10. The fraction of sp³-hybridized carbons (Fsp3) is 0. The van der Waals surface area contributed by atoms with Crippen LogP contribution in [0.4, 0.5) is 0 Å². The smallest absolute Gasteiger partial charge is 0.240 e. The summed E-state index contributed by atoms with van der Waals surface area (Å²) in [7, 11) is 0. The third-order valence-electron chi connectivity index (χ3n) is 11.9. The van der Waals surface area contributed by atoms with Crippen molar-refractivity contribution in [1.82, 2.24) is 28.5 Å². The summed E-state index contributed by atoms with van der Waals surface area (Å²) in [5.41, 5.74) is 11.0. The van der Waals surface area contributed by atoms with Gasteiger partial charge in [-0.25, -0.2) is 0 Å². The standard InChI is InChI=1S/C51H30N6/c1-2-21-39(31(15-1)37-29-30-38-36-20-7-9-23-41(36)55-46-28-14-8-22-40(46)47(37)48(38)55)49-52-50(56-42-24-10-3-16-32(42)33-17-4-11-25-43(33)56)54-51(53-49)57-44-26-12-5-18-34(44)35-19-6-13-27-45(35)57/h1-30H. The topological polar surface area (TPSA) is 52.9 Å². The molecule has 0 aliphatic heterocycles. The molecule has 0 aliphatic carbocycles. The molecule has 5 heterocycles. The van der Waals surface area contributed by atoms with E-state index in [1.807, 2.05) is 0 Å². The number of benzene rings is 8. The van der Waals surface area contributed by atoms with Crippen molar-refractivity contribution in [3.8, 4) is 34.4 Å². The number of aromatic nitrogens is 6. The second-order valence-corrected chi connectivity index (χ2v) is 14.8. The monoisotopic (exact) mass is 726 g/mol. The third kappa shape index (κ3) is 4.10. The van der Waals surface area contributed by atoms with Crippen LogP contribution >= 0.6 is 0 Å². The van der Waals surface area contributed by atoms with Crippen molar-refractivity contribution in [2.45, 2.75) is 0 Å². The molecule has 13 aromatic rings. The lowest BCUT2D eigenvalue weighted by molar-refractivity contribution is 0.893. The summed E-state index contributed by atoms with van der Waals surface area (Å²) in [6.45, 7) is 0. The van der Waals surface area contributed by atoms with Gasteiger partial charge in [0.15, 0.2) is 5.82 Å². The molecule has 0 N–H and O–H groups in total. The summed E-state index contributed by atoms with van der Waals surface area (Å²) >= 11 is 0. The summed E-state index contributed by atoms with van der Waals surface area (Å²) in [5.74, 6) is 1.73. The molecule has 0 radical (unpaired) electrons. The first-order valence-electron chi connectivity index (χ1n) is 19.3. The first-order valence-corrected chi connectivity index (χ1v) is 19.3. The maximum atomic E-state index is 5.43. The first-order chi connectivity index (χ1) is 28.3. The van der Waals surface area contributed by atoms with E-state index in [4.69, 9.17) is 15.0 Å². The summed E-state index contributed by atoms with van der Waals surface area (Å²) in [4.78, 5) is 16.3. The zero-order valence-electron chi connectivity index (χ0n) is 30.5. The molecular weight excluding hydrogens is 697 g/mol. The van der Waals surface area contributed by atoms with Crippen LogP contribution in [0.2, 0.25) is 0 Å². The van der Waals surface area contributed by atoms with E-state index in [2.05, 4.69) is 196 Å². The molecule has 0 amide bonds. The number of hydrogen-bond donors (Lipinski definition) is 0. The van der Waals surface area contributed by atoms with Crippen LogP contribution in [-0.2, 0) is 0 Å². The van der Waals surface area contributed by atoms with E-state index in [1.165, 1.54) is 38.1 Å². The Hall–Kier alpha value is -7.83. The SMILES string of the molecule is c1ccc(-c2ccc3c4ccccc4n4c5ccccc5c2c34)c(-c2nc(-n3c4ccccc4c4ccccc43)nc(-n3c4ccccc4c4ccccc43)n2)c1. The molecule has 6 heteroatoms. The van der Waals surface area contributed by atoms with Crippen LogP contribution in [0, 0.1) is 0 Å². The Balaban J connectivity index is 1.15. The molecule has 0 spiro atoms. The van der Waals surface area contributed by atoms with Crippen molar-refractivity contribution in [3.05, 3.63) is 182 Å². The van der Waals surface area contributed by atoms with E-state index in [1.54, 1.807) is 0 Å². The van der Waals surface area contributed by atoms with Crippen LogP contribution < -0.4 is 0 Å². The van der Waals surface area contributed by atoms with Gasteiger partial charge in [-0.15, -0.1) is 0 Å². The van der Waals surface area contributed by atoms with E-state index in [9.17, 15) is 0 Å². The Kier molecular flexibility index (Phi) is 6.07. The van der Waals surface area contributed by atoms with Gasteiger partial charge in [0.2, 0.25) is 11.9 Å². The Morgan fingerprint density at radius 2 is 0.667 bits per heavy atom. The Morgan fingerprint density at radius 1 is 0.281 bits per heavy atom. The zero-order valence-corrected chi connectivity index (χ0v) is 30.5. The summed E-state index contributed by atoms with van der Waals surface area (Å²) in [5, 5.41) is 9.57. The molecule has 5 aromatic heterocycles. The summed E-state index contributed by atoms with van der Waals surface area (Å²) in [6, 6.07) is 64.7. The molecule has 57 heavy (non-hydrogen) atoms. The average Bonchev–Trinajstić information content (AvgIpc) is 4.01. The van der Waals surface area contributed by atoms with Crippen LogP contribution in [0.25, 0.3) is 116 Å². The van der Waals surface area contributed by atoms with Crippen LogP contribution in [0.5, 0.6) is 0 Å². The molecule has 0 saturated carbocycles. The highest BCUT2D eigenvalue weighted by molar-refractivity contribution is 6.27. The highest BCUT2D eigenvalue weighted by atomic mass is 15.3. The molecule has 0 bridgehead atoms. The highest BCUT2D eigenvalue weighted by Gasteiger charge is 2.24. The summed E-state index contributed by atoms with van der Waals surface area (Å²) in [6.07, 6.45) is 0. The molecule has 0 aliphatic rings. The van der Waals surface area contributed by atoms with Gasteiger partial charge in [0.25, 0.3) is 0 Å². The van der Waals surface area contributed by atoms with Gasteiger partial charge in [0.1, 0.15) is 0 Å². The maximum Gasteiger partial charge on any atom is 0.240 e. The van der Waals surface area contributed by atoms with Gasteiger partial charge in [-0.05, 0) is 47.5 Å². The molecule has 264 valence electrons. The lowest BCUT2D eigenvalue weighted by atomic mass is 9.93. The van der Waals surface area contributed by atoms with Crippen LogP contribution in [-0.4, -0.2) is 28.5 Å².